The number of benzene rings is 1. The highest BCUT2D eigenvalue weighted by atomic mass is 16.5. The first-order valence-corrected chi connectivity index (χ1v) is 7.32. The molecule has 19 heavy (non-hydrogen) atoms. The van der Waals surface area contributed by atoms with Crippen LogP contribution >= 0.6 is 0 Å². The van der Waals surface area contributed by atoms with Gasteiger partial charge in [-0.25, -0.2) is 0 Å². The van der Waals surface area contributed by atoms with Crippen molar-refractivity contribution in [2.24, 2.45) is 5.92 Å². The van der Waals surface area contributed by atoms with Gasteiger partial charge in [-0.15, -0.1) is 0 Å². The maximum Gasteiger partial charge on any atom is 0.128 e. The van der Waals surface area contributed by atoms with E-state index < -0.39 is 6.10 Å². The monoisotopic (exact) mass is 262 g/mol. The van der Waals surface area contributed by atoms with Crippen molar-refractivity contribution in [3.63, 3.8) is 0 Å². The Kier molecular flexibility index (Phi) is 3.76. The normalized spacial score (nSPS) is 26.4. The Hall–Kier alpha value is -1.06. The standard InChI is InChI=1S/C16H22O3/c1-2-18-13-8-11(9-13)10-15(17)14-5-3-4-12-6-7-19-16(12)14/h3-5,11,13,15,17H,2,6-10H2,1H3. The van der Waals surface area contributed by atoms with Crippen molar-refractivity contribution in [3.05, 3.63) is 29.3 Å². The highest BCUT2D eigenvalue weighted by Crippen LogP contribution is 2.40. The third kappa shape index (κ3) is 2.63. The lowest BCUT2D eigenvalue weighted by atomic mass is 9.77. The fourth-order valence-corrected chi connectivity index (χ4v) is 3.18. The maximum atomic E-state index is 10.4. The molecule has 1 fully saturated rings. The molecular weight excluding hydrogens is 240 g/mol. The largest absolute Gasteiger partial charge is 0.493 e. The fraction of sp³-hybridized carbons (Fsp3) is 0.625. The first kappa shape index (κ1) is 12.9. The van der Waals surface area contributed by atoms with Crippen molar-refractivity contribution < 1.29 is 14.6 Å². The Morgan fingerprint density at radius 2 is 2.26 bits per heavy atom. The SMILES string of the molecule is CCOC1CC(CC(O)c2cccc3c2OCC3)C1. The summed E-state index contributed by atoms with van der Waals surface area (Å²) in [5.74, 6) is 1.51. The molecule has 1 atom stereocenters. The van der Waals surface area contributed by atoms with Gasteiger partial charge in [0.05, 0.1) is 18.8 Å². The highest BCUT2D eigenvalue weighted by Gasteiger charge is 2.32. The van der Waals surface area contributed by atoms with E-state index >= 15 is 0 Å². The van der Waals surface area contributed by atoms with Crippen LogP contribution in [0.25, 0.3) is 0 Å². The molecule has 3 rings (SSSR count). The first-order valence-electron chi connectivity index (χ1n) is 7.32. The number of aliphatic hydroxyl groups is 1. The molecule has 1 heterocycles. The van der Waals surface area contributed by atoms with Crippen molar-refractivity contribution in [3.8, 4) is 5.75 Å². The number of fused-ring (bicyclic) bond motifs is 1. The van der Waals surface area contributed by atoms with E-state index in [0.29, 0.717) is 12.0 Å². The minimum Gasteiger partial charge on any atom is -0.493 e. The van der Waals surface area contributed by atoms with Crippen LogP contribution in [0.15, 0.2) is 18.2 Å². The molecule has 1 unspecified atom stereocenters. The summed E-state index contributed by atoms with van der Waals surface area (Å²) in [7, 11) is 0. The summed E-state index contributed by atoms with van der Waals surface area (Å²) in [5.41, 5.74) is 2.20. The van der Waals surface area contributed by atoms with Gasteiger partial charge in [0, 0.05) is 18.6 Å². The number of para-hydroxylation sites is 1. The Morgan fingerprint density at radius 1 is 1.42 bits per heavy atom. The van der Waals surface area contributed by atoms with Crippen molar-refractivity contribution in [1.82, 2.24) is 0 Å². The van der Waals surface area contributed by atoms with Crippen LogP contribution in [0, 0.1) is 5.92 Å². The van der Waals surface area contributed by atoms with Gasteiger partial charge in [0.25, 0.3) is 0 Å². The predicted octanol–water partition coefficient (Wildman–Crippen LogP) is 2.86. The summed E-state index contributed by atoms with van der Waals surface area (Å²) >= 11 is 0. The van der Waals surface area contributed by atoms with E-state index in [2.05, 4.69) is 6.07 Å². The van der Waals surface area contributed by atoms with E-state index in [1.165, 1.54) is 5.56 Å². The number of hydrogen-bond donors (Lipinski definition) is 1. The number of ether oxygens (including phenoxy) is 2. The van der Waals surface area contributed by atoms with Crippen LogP contribution in [0.5, 0.6) is 5.75 Å². The Balaban J connectivity index is 1.60. The molecule has 1 saturated carbocycles. The molecule has 1 aromatic carbocycles. The fourth-order valence-electron chi connectivity index (χ4n) is 3.18. The molecular formula is C16H22O3. The van der Waals surface area contributed by atoms with Gasteiger partial charge in [-0.3, -0.25) is 0 Å². The van der Waals surface area contributed by atoms with Crippen molar-refractivity contribution in [2.75, 3.05) is 13.2 Å². The zero-order chi connectivity index (χ0) is 13.2. The van der Waals surface area contributed by atoms with Crippen LogP contribution in [0.4, 0.5) is 0 Å². The second kappa shape index (κ2) is 5.51. The highest BCUT2D eigenvalue weighted by molar-refractivity contribution is 5.45. The number of rotatable bonds is 5. The average Bonchev–Trinajstić information content (AvgIpc) is 2.84. The predicted molar refractivity (Wildman–Crippen MR) is 73.4 cm³/mol. The van der Waals surface area contributed by atoms with E-state index in [1.54, 1.807) is 0 Å². The average molecular weight is 262 g/mol. The van der Waals surface area contributed by atoms with Crippen LogP contribution in [-0.4, -0.2) is 24.4 Å². The lowest BCUT2D eigenvalue weighted by Gasteiger charge is -2.36. The molecule has 0 saturated heterocycles. The van der Waals surface area contributed by atoms with Gasteiger partial charge in [-0.1, -0.05) is 18.2 Å². The minimum absolute atomic E-state index is 0.402. The second-order valence-corrected chi connectivity index (χ2v) is 5.60. The lowest BCUT2D eigenvalue weighted by molar-refractivity contribution is -0.0381. The van der Waals surface area contributed by atoms with Crippen LogP contribution in [-0.2, 0) is 11.2 Å². The van der Waals surface area contributed by atoms with Gasteiger partial charge < -0.3 is 14.6 Å². The minimum atomic E-state index is -0.402. The molecule has 1 N–H and O–H groups in total. The summed E-state index contributed by atoms with van der Waals surface area (Å²) in [6.07, 6.45) is 3.97. The molecule has 2 aliphatic rings. The molecule has 1 aliphatic heterocycles. The lowest BCUT2D eigenvalue weighted by Crippen LogP contribution is -2.32. The molecule has 0 bridgehead atoms. The third-order valence-corrected chi connectivity index (χ3v) is 4.26. The number of aliphatic hydroxyl groups excluding tert-OH is 1. The molecule has 3 nitrogen and oxygen atoms in total. The summed E-state index contributed by atoms with van der Waals surface area (Å²) < 4.78 is 11.2. The smallest absolute Gasteiger partial charge is 0.128 e. The van der Waals surface area contributed by atoms with Gasteiger partial charge in [-0.2, -0.15) is 0 Å². The Labute approximate surface area is 114 Å². The molecule has 104 valence electrons. The molecule has 0 radical (unpaired) electrons. The summed E-state index contributed by atoms with van der Waals surface area (Å²) in [5, 5.41) is 10.4. The summed E-state index contributed by atoms with van der Waals surface area (Å²) in [4.78, 5) is 0. The molecule has 3 heteroatoms. The van der Waals surface area contributed by atoms with Crippen LogP contribution in [0.1, 0.15) is 43.4 Å². The maximum absolute atomic E-state index is 10.4. The second-order valence-electron chi connectivity index (χ2n) is 5.60. The van der Waals surface area contributed by atoms with Crippen molar-refractivity contribution >= 4 is 0 Å². The Morgan fingerprint density at radius 3 is 3.05 bits per heavy atom. The molecule has 0 amide bonds. The van der Waals surface area contributed by atoms with E-state index in [4.69, 9.17) is 9.47 Å². The molecule has 0 aromatic heterocycles. The van der Waals surface area contributed by atoms with E-state index in [9.17, 15) is 5.11 Å². The molecule has 1 aromatic rings. The topological polar surface area (TPSA) is 38.7 Å². The van der Waals surface area contributed by atoms with Crippen LogP contribution < -0.4 is 4.74 Å². The van der Waals surface area contributed by atoms with Gasteiger partial charge >= 0.3 is 0 Å². The molecule has 1 aliphatic carbocycles. The van der Waals surface area contributed by atoms with Crippen molar-refractivity contribution in [2.45, 2.75) is 44.8 Å². The molecule has 0 spiro atoms. The van der Waals surface area contributed by atoms with Gasteiger partial charge in [0.15, 0.2) is 0 Å². The van der Waals surface area contributed by atoms with E-state index in [0.717, 1.165) is 50.2 Å². The summed E-state index contributed by atoms with van der Waals surface area (Å²) in [6.45, 7) is 3.57. The Bertz CT molecular complexity index is 438. The van der Waals surface area contributed by atoms with E-state index in [1.807, 2.05) is 19.1 Å². The van der Waals surface area contributed by atoms with Crippen molar-refractivity contribution in [1.29, 1.82) is 0 Å². The third-order valence-electron chi connectivity index (χ3n) is 4.26. The van der Waals surface area contributed by atoms with Crippen LogP contribution in [0.2, 0.25) is 0 Å². The van der Waals surface area contributed by atoms with Gasteiger partial charge in [-0.05, 0) is 37.7 Å². The summed E-state index contributed by atoms with van der Waals surface area (Å²) in [6, 6.07) is 6.11. The van der Waals surface area contributed by atoms with Gasteiger partial charge in [0.2, 0.25) is 0 Å². The zero-order valence-corrected chi connectivity index (χ0v) is 11.5. The van der Waals surface area contributed by atoms with Gasteiger partial charge in [0.1, 0.15) is 5.75 Å². The zero-order valence-electron chi connectivity index (χ0n) is 11.5. The first-order chi connectivity index (χ1) is 9.28. The quantitative estimate of drug-likeness (QED) is 0.886. The van der Waals surface area contributed by atoms with Crippen LogP contribution in [0.3, 0.4) is 0 Å². The van der Waals surface area contributed by atoms with E-state index in [-0.39, 0.29) is 0 Å². The number of hydrogen-bond acceptors (Lipinski definition) is 3.